The highest BCUT2D eigenvalue weighted by atomic mass is 19.4. The molecule has 0 atom stereocenters. The predicted molar refractivity (Wildman–Crippen MR) is 69.1 cm³/mol. The lowest BCUT2D eigenvalue weighted by atomic mass is 10.1. The molecule has 0 spiro atoms. The third kappa shape index (κ3) is 3.86. The Bertz CT molecular complexity index is 475. The minimum absolute atomic E-state index is 0.00504. The Balaban J connectivity index is 3.07. The average molecular weight is 290 g/mol. The number of hydrogen-bond donors (Lipinski definition) is 2. The largest absolute Gasteiger partial charge is 0.416 e. The molecule has 3 N–H and O–H groups in total. The molecule has 0 saturated heterocycles. The van der Waals surface area contributed by atoms with E-state index in [0.29, 0.717) is 13.0 Å². The van der Waals surface area contributed by atoms with Crippen molar-refractivity contribution in [1.29, 1.82) is 0 Å². The van der Waals surface area contributed by atoms with E-state index in [2.05, 4.69) is 0 Å². The molecule has 0 unspecified atom stereocenters. The van der Waals surface area contributed by atoms with Crippen LogP contribution in [0.5, 0.6) is 0 Å². The monoisotopic (exact) mass is 290 g/mol. The van der Waals surface area contributed by atoms with Gasteiger partial charge in [0.1, 0.15) is 0 Å². The van der Waals surface area contributed by atoms with Crippen LogP contribution in [0, 0.1) is 0 Å². The zero-order valence-corrected chi connectivity index (χ0v) is 11.1. The molecule has 0 radical (unpaired) electrons. The first-order valence-electron chi connectivity index (χ1n) is 6.18. The lowest BCUT2D eigenvalue weighted by Gasteiger charge is -2.22. The van der Waals surface area contributed by atoms with Crippen molar-refractivity contribution in [3.63, 3.8) is 0 Å². The number of nitrogens with two attached hydrogens (primary N) is 1. The van der Waals surface area contributed by atoms with Crippen LogP contribution in [0.25, 0.3) is 0 Å². The summed E-state index contributed by atoms with van der Waals surface area (Å²) in [6.07, 6.45) is -4.16. The van der Waals surface area contributed by atoms with Crippen molar-refractivity contribution in [3.8, 4) is 0 Å². The average Bonchev–Trinajstić information content (AvgIpc) is 2.38. The lowest BCUT2D eigenvalue weighted by Crippen LogP contribution is -2.33. The number of nitrogens with zero attached hydrogens (tertiary/aromatic N) is 1. The highest BCUT2D eigenvalue weighted by Gasteiger charge is 2.32. The fourth-order valence-electron chi connectivity index (χ4n) is 1.75. The van der Waals surface area contributed by atoms with E-state index >= 15 is 0 Å². The number of carbonyl (C=O) groups excluding carboxylic acids is 1. The number of benzene rings is 1. The van der Waals surface area contributed by atoms with Crippen molar-refractivity contribution in [2.75, 3.05) is 25.4 Å². The van der Waals surface area contributed by atoms with E-state index in [1.165, 1.54) is 4.90 Å². The van der Waals surface area contributed by atoms with Crippen molar-refractivity contribution >= 4 is 11.6 Å². The molecule has 1 aromatic carbocycles. The summed E-state index contributed by atoms with van der Waals surface area (Å²) in [6, 6.07) is 2.69. The number of amides is 1. The van der Waals surface area contributed by atoms with Gasteiger partial charge < -0.3 is 15.7 Å². The van der Waals surface area contributed by atoms with Gasteiger partial charge in [-0.15, -0.1) is 0 Å². The second-order valence-corrected chi connectivity index (χ2v) is 4.26. The topological polar surface area (TPSA) is 66.6 Å². The quantitative estimate of drug-likeness (QED) is 0.816. The molecule has 7 heteroatoms. The van der Waals surface area contributed by atoms with Gasteiger partial charge >= 0.3 is 6.18 Å². The van der Waals surface area contributed by atoms with Crippen molar-refractivity contribution < 1.29 is 23.1 Å². The second kappa shape index (κ2) is 6.60. The Morgan fingerprint density at radius 3 is 2.55 bits per heavy atom. The molecule has 0 aliphatic heterocycles. The maximum atomic E-state index is 12.6. The van der Waals surface area contributed by atoms with Crippen LogP contribution in [-0.2, 0) is 6.18 Å². The van der Waals surface area contributed by atoms with Gasteiger partial charge in [-0.05, 0) is 31.5 Å². The molecule has 1 amide bonds. The molecule has 0 aromatic heterocycles. The molecule has 1 rings (SSSR count). The summed E-state index contributed by atoms with van der Waals surface area (Å²) in [6.45, 7) is 2.21. The number of hydrogen-bond acceptors (Lipinski definition) is 3. The minimum Gasteiger partial charge on any atom is -0.398 e. The molecule has 20 heavy (non-hydrogen) atoms. The Morgan fingerprint density at radius 1 is 1.40 bits per heavy atom. The highest BCUT2D eigenvalue weighted by Crippen LogP contribution is 2.31. The molecule has 1 aromatic rings. The number of rotatable bonds is 5. The normalized spacial score (nSPS) is 11.4. The second-order valence-electron chi connectivity index (χ2n) is 4.26. The summed E-state index contributed by atoms with van der Waals surface area (Å²) in [5, 5.41) is 8.76. The van der Waals surface area contributed by atoms with E-state index in [1.807, 2.05) is 0 Å². The third-order valence-corrected chi connectivity index (χ3v) is 2.87. The first-order chi connectivity index (χ1) is 9.31. The van der Waals surface area contributed by atoms with E-state index in [9.17, 15) is 18.0 Å². The summed E-state index contributed by atoms with van der Waals surface area (Å²) < 4.78 is 37.9. The van der Waals surface area contributed by atoms with Crippen LogP contribution >= 0.6 is 0 Å². The van der Waals surface area contributed by atoms with Crippen LogP contribution in [-0.4, -0.2) is 35.6 Å². The summed E-state index contributed by atoms with van der Waals surface area (Å²) in [5.41, 5.74) is 4.52. The van der Waals surface area contributed by atoms with Gasteiger partial charge in [-0.1, -0.05) is 0 Å². The number of halogens is 3. The molecule has 0 bridgehead atoms. The van der Waals surface area contributed by atoms with Crippen LogP contribution in [0.15, 0.2) is 18.2 Å². The van der Waals surface area contributed by atoms with Gasteiger partial charge in [0.05, 0.1) is 11.1 Å². The third-order valence-electron chi connectivity index (χ3n) is 2.87. The number of alkyl halides is 3. The van der Waals surface area contributed by atoms with Crippen molar-refractivity contribution in [2.24, 2.45) is 0 Å². The van der Waals surface area contributed by atoms with E-state index in [-0.39, 0.29) is 24.4 Å². The van der Waals surface area contributed by atoms with Crippen LogP contribution in [0.2, 0.25) is 0 Å². The Kier molecular flexibility index (Phi) is 5.38. The minimum atomic E-state index is -4.52. The van der Waals surface area contributed by atoms with Gasteiger partial charge in [-0.2, -0.15) is 13.2 Å². The van der Waals surface area contributed by atoms with Gasteiger partial charge in [-0.3, -0.25) is 4.79 Å². The molecular formula is C13H17F3N2O2. The van der Waals surface area contributed by atoms with E-state index in [1.54, 1.807) is 6.92 Å². The van der Waals surface area contributed by atoms with Crippen LogP contribution in [0.1, 0.15) is 29.3 Å². The van der Waals surface area contributed by atoms with Gasteiger partial charge in [0.15, 0.2) is 0 Å². The summed E-state index contributed by atoms with van der Waals surface area (Å²) in [5.74, 6) is -0.565. The summed E-state index contributed by atoms with van der Waals surface area (Å²) >= 11 is 0. The standard InChI is InChI=1S/C13H17F3N2O2/c1-2-18(6-3-7-19)12(20)10-8-9(13(14,15)16)4-5-11(10)17/h4-5,8,19H,2-3,6-7,17H2,1H3. The van der Waals surface area contributed by atoms with E-state index < -0.39 is 17.6 Å². The molecule has 112 valence electrons. The van der Waals surface area contributed by atoms with Gasteiger partial charge in [0, 0.05) is 25.4 Å². The lowest BCUT2D eigenvalue weighted by molar-refractivity contribution is -0.137. The SMILES string of the molecule is CCN(CCCO)C(=O)c1cc(C(F)(F)F)ccc1N. The van der Waals surface area contributed by atoms with Crippen molar-refractivity contribution in [3.05, 3.63) is 29.3 Å². The molecule has 0 fully saturated rings. The maximum absolute atomic E-state index is 12.6. The molecule has 0 heterocycles. The zero-order valence-electron chi connectivity index (χ0n) is 11.1. The molecular weight excluding hydrogens is 273 g/mol. The van der Waals surface area contributed by atoms with Gasteiger partial charge in [0.2, 0.25) is 0 Å². The van der Waals surface area contributed by atoms with E-state index in [0.717, 1.165) is 18.2 Å². The Hall–Kier alpha value is -1.76. The van der Waals surface area contributed by atoms with Crippen LogP contribution < -0.4 is 5.73 Å². The Labute approximate surface area is 115 Å². The molecule has 0 saturated carbocycles. The number of anilines is 1. The van der Waals surface area contributed by atoms with Gasteiger partial charge in [0.25, 0.3) is 5.91 Å². The first kappa shape index (κ1) is 16.3. The van der Waals surface area contributed by atoms with E-state index in [4.69, 9.17) is 10.8 Å². The molecule has 0 aliphatic rings. The van der Waals surface area contributed by atoms with Crippen molar-refractivity contribution in [1.82, 2.24) is 4.90 Å². The Morgan fingerprint density at radius 2 is 2.05 bits per heavy atom. The molecule has 0 aliphatic carbocycles. The highest BCUT2D eigenvalue weighted by molar-refractivity contribution is 5.99. The fourth-order valence-corrected chi connectivity index (χ4v) is 1.75. The summed E-state index contributed by atoms with van der Waals surface area (Å²) in [7, 11) is 0. The fraction of sp³-hybridized carbons (Fsp3) is 0.462. The predicted octanol–water partition coefficient (Wildman–Crippen LogP) is 2.13. The summed E-state index contributed by atoms with van der Waals surface area (Å²) in [4.78, 5) is 13.5. The number of nitrogen functional groups attached to an aromatic ring is 1. The smallest absolute Gasteiger partial charge is 0.398 e. The van der Waals surface area contributed by atoms with Crippen LogP contribution in [0.3, 0.4) is 0 Å². The zero-order chi connectivity index (χ0) is 15.3. The number of aliphatic hydroxyl groups excluding tert-OH is 1. The molecule has 4 nitrogen and oxygen atoms in total. The maximum Gasteiger partial charge on any atom is 0.416 e. The number of aliphatic hydroxyl groups is 1. The first-order valence-corrected chi connectivity index (χ1v) is 6.18. The van der Waals surface area contributed by atoms with Crippen LogP contribution in [0.4, 0.5) is 18.9 Å². The van der Waals surface area contributed by atoms with Crippen molar-refractivity contribution in [2.45, 2.75) is 19.5 Å². The van der Waals surface area contributed by atoms with Gasteiger partial charge in [-0.25, -0.2) is 0 Å². The number of carbonyl (C=O) groups is 1.